The highest BCUT2D eigenvalue weighted by Gasteiger charge is 2.47. The van der Waals surface area contributed by atoms with Gasteiger partial charge in [0.2, 0.25) is 0 Å². The molecule has 6 N–H and O–H groups in total. The first-order chi connectivity index (χ1) is 7.12. The summed E-state index contributed by atoms with van der Waals surface area (Å²) < 4.78 is 17.7. The van der Waals surface area contributed by atoms with Gasteiger partial charge in [0.25, 0.3) is 25.4 Å². The standard InChI is InChI=1S/C7H27N3O3Si4/c1-14(2,8)11-17(7,12-15(3,4)9)13-16(5,6)10/h8-10H2,1-7H3. The zero-order chi connectivity index (χ0) is 14.1. The maximum Gasteiger partial charge on any atom is 0.468 e. The maximum atomic E-state index is 6.00. The molecule has 0 fully saturated rings. The van der Waals surface area contributed by atoms with E-state index in [0.29, 0.717) is 0 Å². The van der Waals surface area contributed by atoms with E-state index >= 15 is 0 Å². The molecule has 0 rings (SSSR count). The number of rotatable bonds is 6. The van der Waals surface area contributed by atoms with E-state index < -0.39 is 34.2 Å². The highest BCUT2D eigenvalue weighted by atomic mass is 28.5. The first kappa shape index (κ1) is 17.6. The minimum absolute atomic E-state index is 1.83. The van der Waals surface area contributed by atoms with Crippen molar-refractivity contribution in [3.8, 4) is 0 Å². The molecule has 0 saturated heterocycles. The Hall–Kier alpha value is 0.628. The van der Waals surface area contributed by atoms with Crippen molar-refractivity contribution in [1.29, 1.82) is 0 Å². The zero-order valence-corrected chi connectivity index (χ0v) is 16.0. The van der Waals surface area contributed by atoms with Gasteiger partial charge in [-0.15, -0.1) is 0 Å². The van der Waals surface area contributed by atoms with Gasteiger partial charge in [0.05, 0.1) is 0 Å². The molecule has 0 aliphatic heterocycles. The van der Waals surface area contributed by atoms with Gasteiger partial charge in [-0.3, -0.25) is 0 Å². The molecule has 0 amide bonds. The van der Waals surface area contributed by atoms with Crippen LogP contribution in [0.2, 0.25) is 45.8 Å². The van der Waals surface area contributed by atoms with Crippen LogP contribution in [0.3, 0.4) is 0 Å². The van der Waals surface area contributed by atoms with Crippen molar-refractivity contribution in [2.75, 3.05) is 0 Å². The van der Waals surface area contributed by atoms with E-state index in [-0.39, 0.29) is 0 Å². The van der Waals surface area contributed by atoms with E-state index in [0.717, 1.165) is 0 Å². The van der Waals surface area contributed by atoms with Crippen molar-refractivity contribution >= 4 is 34.2 Å². The smallest absolute Gasteiger partial charge is 0.404 e. The van der Waals surface area contributed by atoms with Gasteiger partial charge in [-0.2, -0.15) is 0 Å². The topological polar surface area (TPSA) is 106 Å². The summed E-state index contributed by atoms with van der Waals surface area (Å²) >= 11 is 0. The molecule has 0 unspecified atom stereocenters. The third-order valence-electron chi connectivity index (χ3n) is 1.35. The second-order valence-corrected chi connectivity index (χ2v) is 19.8. The summed E-state index contributed by atoms with van der Waals surface area (Å²) in [5, 5.41) is 18.0. The van der Waals surface area contributed by atoms with Gasteiger partial charge in [-0.1, -0.05) is 0 Å². The SMILES string of the molecule is C[Si](C)(N)O[Si](C)(O[Si](C)(C)N)O[Si](C)(C)N. The number of hydrogen-bond donors (Lipinski definition) is 3. The fraction of sp³-hybridized carbons (Fsp3) is 1.00. The van der Waals surface area contributed by atoms with E-state index in [1.165, 1.54) is 0 Å². The fourth-order valence-electron chi connectivity index (χ4n) is 1.50. The largest absolute Gasteiger partial charge is 0.468 e. The molecule has 0 bridgehead atoms. The van der Waals surface area contributed by atoms with Gasteiger partial charge in [0.1, 0.15) is 0 Å². The van der Waals surface area contributed by atoms with Crippen molar-refractivity contribution < 1.29 is 12.3 Å². The van der Waals surface area contributed by atoms with Crippen molar-refractivity contribution in [2.45, 2.75) is 45.8 Å². The average molecular weight is 314 g/mol. The van der Waals surface area contributed by atoms with Crippen LogP contribution in [-0.2, 0) is 12.3 Å². The summed E-state index contributed by atoms with van der Waals surface area (Å²) in [6.45, 7) is 13.2. The summed E-state index contributed by atoms with van der Waals surface area (Å²) in [7, 11) is -9.59. The average Bonchev–Trinajstić information content (AvgIpc) is 1.65. The third-order valence-corrected chi connectivity index (χ3v) is 12.1. The summed E-state index contributed by atoms with van der Waals surface area (Å²) in [6.07, 6.45) is 0. The Morgan fingerprint density at radius 1 is 0.529 bits per heavy atom. The lowest BCUT2D eigenvalue weighted by atomic mass is 11.9. The molecule has 0 heterocycles. The lowest BCUT2D eigenvalue weighted by molar-refractivity contribution is 0.259. The summed E-state index contributed by atoms with van der Waals surface area (Å²) in [5.41, 5.74) is 0. The molecule has 0 aromatic carbocycles. The fourth-order valence-corrected chi connectivity index (χ4v) is 14.6. The highest BCUT2D eigenvalue weighted by Crippen LogP contribution is 2.20. The molecular formula is C7H27N3O3Si4. The maximum absolute atomic E-state index is 6.00. The van der Waals surface area contributed by atoms with Crippen molar-refractivity contribution in [2.24, 2.45) is 16.2 Å². The van der Waals surface area contributed by atoms with Crippen LogP contribution in [0.15, 0.2) is 0 Å². The Morgan fingerprint density at radius 2 is 0.706 bits per heavy atom. The van der Waals surface area contributed by atoms with Crippen molar-refractivity contribution in [3.63, 3.8) is 0 Å². The van der Waals surface area contributed by atoms with E-state index in [2.05, 4.69) is 0 Å². The van der Waals surface area contributed by atoms with E-state index in [4.69, 9.17) is 28.5 Å². The van der Waals surface area contributed by atoms with Gasteiger partial charge < -0.3 is 28.5 Å². The molecule has 0 atom stereocenters. The van der Waals surface area contributed by atoms with Crippen LogP contribution >= 0.6 is 0 Å². The monoisotopic (exact) mass is 313 g/mol. The van der Waals surface area contributed by atoms with Crippen LogP contribution in [-0.4, -0.2) is 34.2 Å². The van der Waals surface area contributed by atoms with Gasteiger partial charge >= 0.3 is 8.80 Å². The normalized spacial score (nSPS) is 15.2. The Morgan fingerprint density at radius 3 is 0.824 bits per heavy atom. The van der Waals surface area contributed by atoms with Crippen molar-refractivity contribution in [3.05, 3.63) is 0 Å². The summed E-state index contributed by atoms with van der Waals surface area (Å²) in [6, 6.07) is 0. The number of hydrogen-bond acceptors (Lipinski definition) is 6. The van der Waals surface area contributed by atoms with Crippen LogP contribution < -0.4 is 16.2 Å². The second-order valence-electron chi connectivity index (χ2n) is 5.98. The molecule has 0 aliphatic rings. The molecule has 0 aromatic heterocycles. The molecule has 6 nitrogen and oxygen atoms in total. The van der Waals surface area contributed by atoms with Gasteiger partial charge in [-0.05, 0) is 39.3 Å². The van der Waals surface area contributed by atoms with Gasteiger partial charge in [0, 0.05) is 6.55 Å². The van der Waals surface area contributed by atoms with Gasteiger partial charge in [-0.25, -0.2) is 0 Å². The molecule has 0 saturated carbocycles. The predicted molar refractivity (Wildman–Crippen MR) is 79.9 cm³/mol. The lowest BCUT2D eigenvalue weighted by Gasteiger charge is -2.39. The van der Waals surface area contributed by atoms with Gasteiger partial charge in [0.15, 0.2) is 0 Å². The Bertz CT molecular complexity index is 218. The van der Waals surface area contributed by atoms with Crippen LogP contribution in [0.5, 0.6) is 0 Å². The second kappa shape index (κ2) is 5.32. The third kappa shape index (κ3) is 10.3. The highest BCUT2D eigenvalue weighted by molar-refractivity contribution is 6.88. The van der Waals surface area contributed by atoms with E-state index in [1.54, 1.807) is 0 Å². The Balaban J connectivity index is 4.95. The van der Waals surface area contributed by atoms with E-state index in [1.807, 2.05) is 45.8 Å². The van der Waals surface area contributed by atoms with Crippen LogP contribution in [0.1, 0.15) is 0 Å². The molecule has 10 heteroatoms. The van der Waals surface area contributed by atoms with E-state index in [9.17, 15) is 0 Å². The predicted octanol–water partition coefficient (Wildman–Crippen LogP) is 0.586. The molecule has 0 aliphatic carbocycles. The molecule has 104 valence electrons. The minimum atomic E-state index is -2.85. The molecule has 0 spiro atoms. The van der Waals surface area contributed by atoms with Crippen LogP contribution in [0, 0.1) is 0 Å². The van der Waals surface area contributed by atoms with Crippen LogP contribution in [0.4, 0.5) is 0 Å². The van der Waals surface area contributed by atoms with Crippen molar-refractivity contribution in [1.82, 2.24) is 0 Å². The Kier molecular flexibility index (Phi) is 5.52. The molecule has 17 heavy (non-hydrogen) atoms. The first-order valence-electron chi connectivity index (χ1n) is 5.59. The first-order valence-corrected chi connectivity index (χ1v) is 16.8. The molecular weight excluding hydrogens is 286 g/mol. The lowest BCUT2D eigenvalue weighted by Crippen LogP contribution is -2.65. The Labute approximate surface area is 109 Å². The minimum Gasteiger partial charge on any atom is -0.404 e. The van der Waals surface area contributed by atoms with Crippen LogP contribution in [0.25, 0.3) is 0 Å². The summed E-state index contributed by atoms with van der Waals surface area (Å²) in [5.74, 6) is 0. The zero-order valence-electron chi connectivity index (χ0n) is 12.0. The molecule has 0 radical (unpaired) electrons. The quantitative estimate of drug-likeness (QED) is 0.620. The number of nitrogens with two attached hydrogens (primary N) is 3. The summed E-state index contributed by atoms with van der Waals surface area (Å²) in [4.78, 5) is 0. The molecule has 0 aromatic rings.